The van der Waals surface area contributed by atoms with E-state index in [0.717, 1.165) is 17.9 Å². The van der Waals surface area contributed by atoms with Crippen molar-refractivity contribution in [1.29, 1.82) is 0 Å². The van der Waals surface area contributed by atoms with Gasteiger partial charge in [-0.25, -0.2) is 0 Å². The Kier molecular flexibility index (Phi) is 4.99. The number of alkyl halides is 3. The number of nitrogens with one attached hydrogen (secondary N) is 1. The number of hydrogen-bond acceptors (Lipinski definition) is 3. The van der Waals surface area contributed by atoms with Crippen molar-refractivity contribution >= 4 is 11.8 Å². The molecule has 0 amide bonds. The molecule has 1 fully saturated rings. The van der Waals surface area contributed by atoms with E-state index in [4.69, 9.17) is 0 Å². The molecule has 1 aliphatic rings. The van der Waals surface area contributed by atoms with Crippen molar-refractivity contribution in [3.8, 4) is 0 Å². The van der Waals surface area contributed by atoms with Gasteiger partial charge in [-0.1, -0.05) is 30.3 Å². The van der Waals surface area contributed by atoms with Crippen LogP contribution in [0, 0.1) is 0 Å². The molecule has 0 saturated carbocycles. The minimum atomic E-state index is -4.68. The molecule has 1 aromatic carbocycles. The van der Waals surface area contributed by atoms with Crippen molar-refractivity contribution in [2.24, 2.45) is 0 Å². The molecule has 2 rings (SSSR count). The summed E-state index contributed by atoms with van der Waals surface area (Å²) in [5.41, 5.74) is -2.89. The van der Waals surface area contributed by atoms with Crippen LogP contribution in [0.25, 0.3) is 0 Å². The van der Waals surface area contributed by atoms with E-state index in [0.29, 0.717) is 0 Å². The van der Waals surface area contributed by atoms with E-state index in [1.54, 1.807) is 17.8 Å². The summed E-state index contributed by atoms with van der Waals surface area (Å²) in [7, 11) is 0. The maximum absolute atomic E-state index is 13.2. The van der Waals surface area contributed by atoms with Gasteiger partial charge in [-0.15, -0.1) is 0 Å². The van der Waals surface area contributed by atoms with Crippen LogP contribution in [0.4, 0.5) is 13.2 Å². The van der Waals surface area contributed by atoms with Crippen molar-refractivity contribution in [2.75, 3.05) is 18.1 Å². The van der Waals surface area contributed by atoms with Gasteiger partial charge >= 0.3 is 6.18 Å². The third kappa shape index (κ3) is 3.48. The lowest BCUT2D eigenvalue weighted by atomic mass is 9.89. The number of hydrogen-bond donors (Lipinski definition) is 2. The highest BCUT2D eigenvalue weighted by Crippen LogP contribution is 2.41. The molecular formula is C14H18F3NOS. The van der Waals surface area contributed by atoms with Crippen LogP contribution in [0.2, 0.25) is 0 Å². The molecule has 0 spiro atoms. The molecule has 6 heteroatoms. The lowest BCUT2D eigenvalue weighted by molar-refractivity contribution is -0.268. The van der Waals surface area contributed by atoms with E-state index >= 15 is 0 Å². The van der Waals surface area contributed by atoms with Crippen LogP contribution in [-0.2, 0) is 5.60 Å². The largest absolute Gasteiger partial charge is 0.421 e. The molecule has 1 heterocycles. The fraction of sp³-hybridized carbons (Fsp3) is 0.571. The average Bonchev–Trinajstić information content (AvgIpc) is 2.91. The first-order valence-electron chi connectivity index (χ1n) is 6.59. The monoisotopic (exact) mass is 305 g/mol. The van der Waals surface area contributed by atoms with Gasteiger partial charge in [0.15, 0.2) is 5.60 Å². The van der Waals surface area contributed by atoms with Crippen LogP contribution in [-0.4, -0.2) is 35.4 Å². The maximum Gasteiger partial charge on any atom is 0.421 e. The zero-order valence-electron chi connectivity index (χ0n) is 11.0. The third-order valence-corrected chi connectivity index (χ3v) is 4.73. The lowest BCUT2D eigenvalue weighted by Gasteiger charge is -2.31. The molecule has 2 atom stereocenters. The van der Waals surface area contributed by atoms with Crippen molar-refractivity contribution in [2.45, 2.75) is 30.7 Å². The fourth-order valence-electron chi connectivity index (χ4n) is 2.32. The summed E-state index contributed by atoms with van der Waals surface area (Å²) >= 11 is 1.79. The first-order valence-corrected chi connectivity index (χ1v) is 7.75. The molecular weight excluding hydrogens is 287 g/mol. The van der Waals surface area contributed by atoms with Gasteiger partial charge in [-0.3, -0.25) is 0 Å². The van der Waals surface area contributed by atoms with E-state index in [9.17, 15) is 18.3 Å². The van der Waals surface area contributed by atoms with Gasteiger partial charge in [0.05, 0.1) is 0 Å². The minimum Gasteiger partial charge on any atom is -0.376 e. The first-order chi connectivity index (χ1) is 9.43. The summed E-state index contributed by atoms with van der Waals surface area (Å²) in [5.74, 6) is 1.97. The SMILES string of the molecule is O[C@](CCN[C@H]1CCSC1)(c1ccccc1)C(F)(F)F. The second-order valence-corrected chi connectivity index (χ2v) is 6.14. The molecule has 0 radical (unpaired) electrons. The molecule has 0 aromatic heterocycles. The van der Waals surface area contributed by atoms with Crippen LogP contribution < -0.4 is 5.32 Å². The van der Waals surface area contributed by atoms with Gasteiger partial charge < -0.3 is 10.4 Å². The minimum absolute atomic E-state index is 0.102. The Morgan fingerprint density at radius 1 is 1.25 bits per heavy atom. The number of thioether (sulfide) groups is 1. The predicted octanol–water partition coefficient (Wildman–Crippen LogP) is 2.92. The molecule has 1 aliphatic heterocycles. The summed E-state index contributed by atoms with van der Waals surface area (Å²) in [6.45, 7) is 0.149. The summed E-state index contributed by atoms with van der Waals surface area (Å²) in [4.78, 5) is 0. The summed E-state index contributed by atoms with van der Waals surface area (Å²) in [5, 5.41) is 13.2. The van der Waals surface area contributed by atoms with Crippen LogP contribution in [0.5, 0.6) is 0 Å². The van der Waals surface area contributed by atoms with Gasteiger partial charge in [0, 0.05) is 18.2 Å². The van der Waals surface area contributed by atoms with E-state index in [-0.39, 0.29) is 24.6 Å². The Balaban J connectivity index is 2.04. The van der Waals surface area contributed by atoms with Crippen LogP contribution in [0.15, 0.2) is 30.3 Å². The molecule has 1 saturated heterocycles. The number of benzene rings is 1. The lowest BCUT2D eigenvalue weighted by Crippen LogP contribution is -2.45. The second-order valence-electron chi connectivity index (χ2n) is 4.99. The smallest absolute Gasteiger partial charge is 0.376 e. The molecule has 2 nitrogen and oxygen atoms in total. The van der Waals surface area contributed by atoms with E-state index in [2.05, 4.69) is 5.32 Å². The topological polar surface area (TPSA) is 32.3 Å². The van der Waals surface area contributed by atoms with Crippen LogP contribution in [0.1, 0.15) is 18.4 Å². The molecule has 112 valence electrons. The standard InChI is InChI=1S/C14H18F3NOS/c15-14(16,17)13(19,11-4-2-1-3-5-11)7-8-18-12-6-9-20-10-12/h1-5,12,18-19H,6-10H2/t12-,13+/m0/s1. The highest BCUT2D eigenvalue weighted by Gasteiger charge is 2.54. The van der Waals surface area contributed by atoms with Gasteiger partial charge in [-0.05, 0) is 24.3 Å². The van der Waals surface area contributed by atoms with Gasteiger partial charge in [0.1, 0.15) is 0 Å². The normalized spacial score (nSPS) is 22.7. The van der Waals surface area contributed by atoms with Crippen molar-refractivity contribution in [3.05, 3.63) is 35.9 Å². The number of halogens is 3. The number of rotatable bonds is 5. The molecule has 0 aliphatic carbocycles. The van der Waals surface area contributed by atoms with Crippen molar-refractivity contribution in [1.82, 2.24) is 5.32 Å². The average molecular weight is 305 g/mol. The highest BCUT2D eigenvalue weighted by atomic mass is 32.2. The highest BCUT2D eigenvalue weighted by molar-refractivity contribution is 7.99. The van der Waals surface area contributed by atoms with Crippen LogP contribution >= 0.6 is 11.8 Å². The zero-order chi connectivity index (χ0) is 14.6. The summed E-state index contributed by atoms with van der Waals surface area (Å²) < 4.78 is 39.6. The molecule has 0 bridgehead atoms. The van der Waals surface area contributed by atoms with Crippen molar-refractivity contribution < 1.29 is 18.3 Å². The van der Waals surface area contributed by atoms with Gasteiger partial charge in [-0.2, -0.15) is 24.9 Å². The molecule has 20 heavy (non-hydrogen) atoms. The quantitative estimate of drug-likeness (QED) is 0.877. The Hall–Kier alpha value is -0.720. The first kappa shape index (κ1) is 15.7. The molecule has 2 N–H and O–H groups in total. The van der Waals surface area contributed by atoms with Gasteiger partial charge in [0.25, 0.3) is 0 Å². The van der Waals surface area contributed by atoms with E-state index < -0.39 is 11.8 Å². The Bertz CT molecular complexity index is 420. The van der Waals surface area contributed by atoms with Crippen molar-refractivity contribution in [3.63, 3.8) is 0 Å². The second kappa shape index (κ2) is 6.37. The predicted molar refractivity (Wildman–Crippen MR) is 74.7 cm³/mol. The summed E-state index contributed by atoms with van der Waals surface area (Å²) in [6.07, 6.45) is -4.08. The number of aliphatic hydroxyl groups is 1. The van der Waals surface area contributed by atoms with E-state index in [1.807, 2.05) is 0 Å². The molecule has 1 aromatic rings. The molecule has 0 unspecified atom stereocenters. The Morgan fingerprint density at radius 3 is 2.50 bits per heavy atom. The van der Waals surface area contributed by atoms with E-state index in [1.165, 1.54) is 24.3 Å². The maximum atomic E-state index is 13.2. The van der Waals surface area contributed by atoms with Gasteiger partial charge in [0.2, 0.25) is 0 Å². The third-order valence-electron chi connectivity index (χ3n) is 3.57. The summed E-state index contributed by atoms with van der Waals surface area (Å²) in [6, 6.07) is 7.54. The fourth-order valence-corrected chi connectivity index (χ4v) is 3.50. The Labute approximate surface area is 120 Å². The Morgan fingerprint density at radius 2 is 1.95 bits per heavy atom. The zero-order valence-corrected chi connectivity index (χ0v) is 11.8. The van der Waals surface area contributed by atoms with Crippen LogP contribution in [0.3, 0.4) is 0 Å².